The molecule has 18 heavy (non-hydrogen) atoms. The second-order valence-corrected chi connectivity index (χ2v) is 4.65. The number of nitrogens with zero attached hydrogens (tertiary/aromatic N) is 2. The molecule has 0 aliphatic carbocycles. The average molecular weight is 257 g/mol. The highest BCUT2D eigenvalue weighted by Gasteiger charge is 2.18. The summed E-state index contributed by atoms with van der Waals surface area (Å²) in [7, 11) is 5.87. The van der Waals surface area contributed by atoms with Crippen LogP contribution in [0.4, 0.5) is 0 Å². The van der Waals surface area contributed by atoms with Crippen LogP contribution in [0.2, 0.25) is 0 Å². The van der Waals surface area contributed by atoms with Crippen molar-refractivity contribution < 1.29 is 9.53 Å². The van der Waals surface area contributed by atoms with Gasteiger partial charge in [0.15, 0.2) is 0 Å². The van der Waals surface area contributed by atoms with Crippen LogP contribution >= 0.6 is 0 Å². The fourth-order valence-electron chi connectivity index (χ4n) is 1.66. The molecule has 5 nitrogen and oxygen atoms in total. The average Bonchev–Trinajstić information content (AvgIpc) is 2.32. The Labute approximate surface area is 111 Å². The minimum absolute atomic E-state index is 0.297. The third-order valence-corrected chi connectivity index (χ3v) is 2.87. The zero-order valence-electron chi connectivity index (χ0n) is 12.4. The van der Waals surface area contributed by atoms with Crippen molar-refractivity contribution in [3.05, 3.63) is 12.3 Å². The number of nitrogens with one attached hydrogen (secondary N) is 1. The predicted molar refractivity (Wildman–Crippen MR) is 73.9 cm³/mol. The number of hydrogen-bond donors (Lipinski definition) is 1. The number of hydrogen-bond acceptors (Lipinski definition) is 5. The van der Waals surface area contributed by atoms with Crippen LogP contribution in [0.1, 0.15) is 20.8 Å². The van der Waals surface area contributed by atoms with E-state index in [2.05, 4.69) is 24.2 Å². The smallest absolute Gasteiger partial charge is 0.332 e. The summed E-state index contributed by atoms with van der Waals surface area (Å²) >= 11 is 0. The second-order valence-electron chi connectivity index (χ2n) is 4.65. The van der Waals surface area contributed by atoms with Crippen molar-refractivity contribution in [2.75, 3.05) is 34.3 Å². The van der Waals surface area contributed by atoms with E-state index in [1.54, 1.807) is 13.1 Å². The monoisotopic (exact) mass is 257 g/mol. The number of esters is 1. The van der Waals surface area contributed by atoms with E-state index < -0.39 is 0 Å². The number of carbonyl (C=O) groups is 1. The van der Waals surface area contributed by atoms with Gasteiger partial charge in [0.25, 0.3) is 0 Å². The highest BCUT2D eigenvalue weighted by atomic mass is 16.5. The molecule has 0 fully saturated rings. The molecule has 1 N–H and O–H groups in total. The van der Waals surface area contributed by atoms with Crippen LogP contribution in [-0.2, 0) is 9.53 Å². The molecule has 0 aromatic carbocycles. The van der Waals surface area contributed by atoms with E-state index >= 15 is 0 Å². The quantitative estimate of drug-likeness (QED) is 0.400. The SMILES string of the molecule is CCOC(=O)/C=C/N(C)[C@@H](CN(C)NC)C(C)C. The Morgan fingerprint density at radius 2 is 2.00 bits per heavy atom. The Hall–Kier alpha value is -1.07. The minimum atomic E-state index is -0.297. The molecule has 0 aliphatic rings. The van der Waals surface area contributed by atoms with Crippen LogP contribution < -0.4 is 5.43 Å². The summed E-state index contributed by atoms with van der Waals surface area (Å²) in [5.41, 5.74) is 3.08. The molecule has 0 rings (SSSR count). The predicted octanol–water partition coefficient (Wildman–Crippen LogP) is 1.09. The highest BCUT2D eigenvalue weighted by Crippen LogP contribution is 2.10. The van der Waals surface area contributed by atoms with E-state index in [-0.39, 0.29) is 5.97 Å². The van der Waals surface area contributed by atoms with Crippen molar-refractivity contribution in [1.82, 2.24) is 15.3 Å². The number of hydrazine groups is 1. The molecule has 106 valence electrons. The van der Waals surface area contributed by atoms with Gasteiger partial charge in [-0.2, -0.15) is 0 Å². The Kier molecular flexibility index (Phi) is 8.41. The fourth-order valence-corrected chi connectivity index (χ4v) is 1.66. The van der Waals surface area contributed by atoms with Crippen molar-refractivity contribution in [3.8, 4) is 0 Å². The summed E-state index contributed by atoms with van der Waals surface area (Å²) < 4.78 is 4.86. The molecular formula is C13H27N3O2. The van der Waals surface area contributed by atoms with Crippen LogP contribution in [0.15, 0.2) is 12.3 Å². The molecule has 0 spiro atoms. The zero-order valence-corrected chi connectivity index (χ0v) is 12.4. The van der Waals surface area contributed by atoms with E-state index in [9.17, 15) is 4.79 Å². The highest BCUT2D eigenvalue weighted by molar-refractivity contribution is 5.81. The van der Waals surface area contributed by atoms with E-state index in [0.717, 1.165) is 6.54 Å². The van der Waals surface area contributed by atoms with Gasteiger partial charge in [-0.1, -0.05) is 13.8 Å². The summed E-state index contributed by atoms with van der Waals surface area (Å²) in [4.78, 5) is 13.3. The number of ether oxygens (including phenoxy) is 1. The lowest BCUT2D eigenvalue weighted by molar-refractivity contribution is -0.137. The normalized spacial score (nSPS) is 13.3. The molecule has 1 atom stereocenters. The van der Waals surface area contributed by atoms with Gasteiger partial charge in [0.1, 0.15) is 0 Å². The van der Waals surface area contributed by atoms with Crippen molar-refractivity contribution in [2.24, 2.45) is 5.92 Å². The summed E-state index contributed by atoms with van der Waals surface area (Å²) in [5, 5.41) is 2.03. The van der Waals surface area contributed by atoms with E-state index in [1.165, 1.54) is 6.08 Å². The molecular weight excluding hydrogens is 230 g/mol. The molecule has 0 unspecified atom stereocenters. The molecule has 0 aliphatic heterocycles. The molecule has 0 aromatic rings. The molecule has 0 heterocycles. The van der Waals surface area contributed by atoms with Crippen LogP contribution in [-0.4, -0.2) is 56.2 Å². The summed E-state index contributed by atoms with van der Waals surface area (Å²) in [6.07, 6.45) is 3.25. The Balaban J connectivity index is 4.47. The van der Waals surface area contributed by atoms with Gasteiger partial charge < -0.3 is 9.64 Å². The largest absolute Gasteiger partial charge is 0.463 e. The first-order valence-corrected chi connectivity index (χ1v) is 6.37. The first kappa shape index (κ1) is 16.9. The third kappa shape index (κ3) is 6.61. The summed E-state index contributed by atoms with van der Waals surface area (Å²) in [6, 6.07) is 0.327. The van der Waals surface area contributed by atoms with Crippen LogP contribution in [0.5, 0.6) is 0 Å². The van der Waals surface area contributed by atoms with Gasteiger partial charge in [-0.05, 0) is 19.9 Å². The first-order chi connectivity index (χ1) is 8.42. The van der Waals surface area contributed by atoms with Gasteiger partial charge in [-0.25, -0.2) is 9.80 Å². The van der Waals surface area contributed by atoms with Crippen molar-refractivity contribution in [3.63, 3.8) is 0 Å². The number of rotatable bonds is 8. The minimum Gasteiger partial charge on any atom is -0.463 e. The van der Waals surface area contributed by atoms with Crippen LogP contribution in [0, 0.1) is 5.92 Å². The van der Waals surface area contributed by atoms with Crippen LogP contribution in [0.3, 0.4) is 0 Å². The van der Waals surface area contributed by atoms with E-state index in [0.29, 0.717) is 18.6 Å². The van der Waals surface area contributed by atoms with Crippen molar-refractivity contribution in [1.29, 1.82) is 0 Å². The van der Waals surface area contributed by atoms with Gasteiger partial charge in [0.05, 0.1) is 6.61 Å². The zero-order chi connectivity index (χ0) is 14.1. The number of likely N-dealkylation sites (N-methyl/N-ethyl adjacent to an activating group) is 2. The summed E-state index contributed by atoms with van der Waals surface area (Å²) in [5.74, 6) is 0.187. The fraction of sp³-hybridized carbons (Fsp3) is 0.769. The lowest BCUT2D eigenvalue weighted by Crippen LogP contribution is -2.45. The van der Waals surface area contributed by atoms with E-state index in [1.807, 2.05) is 26.2 Å². The Morgan fingerprint density at radius 3 is 2.44 bits per heavy atom. The Morgan fingerprint density at radius 1 is 1.39 bits per heavy atom. The topological polar surface area (TPSA) is 44.8 Å². The van der Waals surface area contributed by atoms with Gasteiger partial charge in [0.2, 0.25) is 0 Å². The lowest BCUT2D eigenvalue weighted by atomic mass is 10.0. The first-order valence-electron chi connectivity index (χ1n) is 6.37. The summed E-state index contributed by atoms with van der Waals surface area (Å²) in [6.45, 7) is 7.42. The molecule has 0 bridgehead atoms. The van der Waals surface area contributed by atoms with Gasteiger partial charge in [0, 0.05) is 39.0 Å². The second kappa shape index (κ2) is 8.94. The maximum absolute atomic E-state index is 11.3. The maximum Gasteiger partial charge on any atom is 0.332 e. The maximum atomic E-state index is 11.3. The van der Waals surface area contributed by atoms with Crippen LogP contribution in [0.25, 0.3) is 0 Å². The van der Waals surface area contributed by atoms with Gasteiger partial charge >= 0.3 is 5.97 Å². The standard InChI is InChI=1S/C13H27N3O2/c1-7-18-13(17)8-9-15(5)12(11(2)3)10-16(6)14-4/h8-9,11-12,14H,7,10H2,1-6H3/b9-8+/t12-/m0/s1. The molecule has 0 aromatic heterocycles. The lowest BCUT2D eigenvalue weighted by Gasteiger charge is -2.33. The molecule has 0 saturated heterocycles. The third-order valence-electron chi connectivity index (χ3n) is 2.87. The molecule has 0 saturated carbocycles. The van der Waals surface area contributed by atoms with Crippen molar-refractivity contribution in [2.45, 2.75) is 26.8 Å². The van der Waals surface area contributed by atoms with Gasteiger partial charge in [-0.15, -0.1) is 0 Å². The van der Waals surface area contributed by atoms with E-state index in [4.69, 9.17) is 4.74 Å². The van der Waals surface area contributed by atoms with Crippen molar-refractivity contribution >= 4 is 5.97 Å². The van der Waals surface area contributed by atoms with Gasteiger partial charge in [-0.3, -0.25) is 5.43 Å². The molecule has 0 radical (unpaired) electrons. The molecule has 5 heteroatoms. The Bertz CT molecular complexity index is 267. The molecule has 0 amide bonds. The number of carbonyl (C=O) groups excluding carboxylic acids is 1.